The molecule has 4 nitrogen and oxygen atoms in total. The summed E-state index contributed by atoms with van der Waals surface area (Å²) in [4.78, 5) is 12.1. The molecule has 0 saturated heterocycles. The lowest BCUT2D eigenvalue weighted by atomic mass is 9.80. The molecule has 0 bridgehead atoms. The van der Waals surface area contributed by atoms with Crippen LogP contribution < -0.4 is 10.8 Å². The minimum Gasteiger partial charge on any atom is -0.423 e. The third kappa shape index (κ3) is 3.47. The first-order valence-corrected chi connectivity index (χ1v) is 6.40. The first-order chi connectivity index (χ1) is 9.58. The molecule has 0 spiro atoms. The van der Waals surface area contributed by atoms with Crippen LogP contribution in [0.15, 0.2) is 54.6 Å². The van der Waals surface area contributed by atoms with Crippen molar-refractivity contribution in [1.29, 1.82) is 0 Å². The van der Waals surface area contributed by atoms with E-state index in [0.29, 0.717) is 11.0 Å². The van der Waals surface area contributed by atoms with Crippen molar-refractivity contribution in [3.8, 4) is 0 Å². The molecule has 1 amide bonds. The lowest BCUT2D eigenvalue weighted by Crippen LogP contribution is -2.31. The third-order valence-electron chi connectivity index (χ3n) is 3.12. The number of carbonyl (C=O) groups excluding carboxylic acids is 1. The molecule has 0 saturated carbocycles. The summed E-state index contributed by atoms with van der Waals surface area (Å²) in [5.74, 6) is -0.194. The van der Waals surface area contributed by atoms with E-state index in [1.807, 2.05) is 37.3 Å². The van der Waals surface area contributed by atoms with E-state index >= 15 is 0 Å². The Morgan fingerprint density at radius 1 is 1.05 bits per heavy atom. The van der Waals surface area contributed by atoms with Crippen molar-refractivity contribution in [3.05, 3.63) is 65.7 Å². The molecular weight excluding hydrogens is 253 g/mol. The SMILES string of the molecule is C[C@H](NC(=O)c1ccc(B(O)O)cc1)c1ccccc1. The summed E-state index contributed by atoms with van der Waals surface area (Å²) in [6, 6.07) is 15.8. The molecule has 102 valence electrons. The van der Waals surface area contributed by atoms with E-state index in [4.69, 9.17) is 10.0 Å². The lowest BCUT2D eigenvalue weighted by molar-refractivity contribution is 0.0940. The molecule has 2 aromatic rings. The van der Waals surface area contributed by atoms with Crippen LogP contribution in [-0.2, 0) is 0 Å². The van der Waals surface area contributed by atoms with Crippen LogP contribution in [0.25, 0.3) is 0 Å². The van der Waals surface area contributed by atoms with Crippen LogP contribution in [0.1, 0.15) is 28.9 Å². The van der Waals surface area contributed by atoms with Gasteiger partial charge in [-0.1, -0.05) is 42.5 Å². The van der Waals surface area contributed by atoms with Crippen LogP contribution in [0.2, 0.25) is 0 Å². The zero-order valence-corrected chi connectivity index (χ0v) is 11.2. The van der Waals surface area contributed by atoms with Gasteiger partial charge in [0.2, 0.25) is 0 Å². The van der Waals surface area contributed by atoms with Crippen LogP contribution in [0, 0.1) is 0 Å². The normalized spacial score (nSPS) is 11.8. The largest absolute Gasteiger partial charge is 0.488 e. The Hall–Kier alpha value is -2.11. The molecule has 0 aliphatic carbocycles. The maximum atomic E-state index is 12.1. The van der Waals surface area contributed by atoms with Gasteiger partial charge in [0.15, 0.2) is 0 Å². The van der Waals surface area contributed by atoms with Gasteiger partial charge in [-0.15, -0.1) is 0 Å². The minimum absolute atomic E-state index is 0.0909. The van der Waals surface area contributed by atoms with Gasteiger partial charge < -0.3 is 15.4 Å². The zero-order chi connectivity index (χ0) is 14.5. The third-order valence-corrected chi connectivity index (χ3v) is 3.12. The number of benzene rings is 2. The van der Waals surface area contributed by atoms with Crippen LogP contribution in [-0.4, -0.2) is 23.1 Å². The second-order valence-electron chi connectivity index (χ2n) is 4.60. The summed E-state index contributed by atoms with van der Waals surface area (Å²) >= 11 is 0. The fourth-order valence-electron chi connectivity index (χ4n) is 1.91. The van der Waals surface area contributed by atoms with Gasteiger partial charge in [-0.25, -0.2) is 0 Å². The summed E-state index contributed by atoms with van der Waals surface area (Å²) in [6.45, 7) is 1.92. The predicted octanol–water partition coefficient (Wildman–Crippen LogP) is 0.857. The number of hydrogen-bond acceptors (Lipinski definition) is 3. The molecular formula is C15H16BNO3. The highest BCUT2D eigenvalue weighted by Gasteiger charge is 2.14. The first kappa shape index (κ1) is 14.3. The molecule has 5 heteroatoms. The topological polar surface area (TPSA) is 69.6 Å². The molecule has 0 heterocycles. The molecule has 20 heavy (non-hydrogen) atoms. The van der Waals surface area contributed by atoms with E-state index in [1.165, 1.54) is 12.1 Å². The second-order valence-corrected chi connectivity index (χ2v) is 4.60. The van der Waals surface area contributed by atoms with Crippen LogP contribution >= 0.6 is 0 Å². The van der Waals surface area contributed by atoms with Crippen LogP contribution in [0.5, 0.6) is 0 Å². The molecule has 0 aliphatic rings. The Bertz CT molecular complexity index is 569. The van der Waals surface area contributed by atoms with E-state index < -0.39 is 7.12 Å². The van der Waals surface area contributed by atoms with Gasteiger partial charge in [0.25, 0.3) is 5.91 Å². The number of carbonyl (C=O) groups is 1. The second kappa shape index (κ2) is 6.37. The zero-order valence-electron chi connectivity index (χ0n) is 11.2. The molecule has 1 atom stereocenters. The van der Waals surface area contributed by atoms with Gasteiger partial charge in [-0.2, -0.15) is 0 Å². The quantitative estimate of drug-likeness (QED) is 0.721. The summed E-state index contributed by atoms with van der Waals surface area (Å²) in [7, 11) is -1.52. The van der Waals surface area contributed by atoms with E-state index in [9.17, 15) is 4.79 Å². The number of rotatable bonds is 4. The van der Waals surface area contributed by atoms with E-state index in [1.54, 1.807) is 12.1 Å². The van der Waals surface area contributed by atoms with Crippen LogP contribution in [0.4, 0.5) is 0 Å². The molecule has 0 radical (unpaired) electrons. The van der Waals surface area contributed by atoms with E-state index in [2.05, 4.69) is 5.32 Å². The van der Waals surface area contributed by atoms with Gasteiger partial charge >= 0.3 is 7.12 Å². The van der Waals surface area contributed by atoms with Crippen molar-refractivity contribution in [2.75, 3.05) is 0 Å². The highest BCUT2D eigenvalue weighted by Crippen LogP contribution is 2.12. The molecule has 2 aromatic carbocycles. The van der Waals surface area contributed by atoms with Gasteiger partial charge in [0.1, 0.15) is 0 Å². The van der Waals surface area contributed by atoms with Gasteiger partial charge in [-0.3, -0.25) is 4.79 Å². The fraction of sp³-hybridized carbons (Fsp3) is 0.133. The molecule has 0 unspecified atom stereocenters. The summed E-state index contributed by atoms with van der Waals surface area (Å²) in [5.41, 5.74) is 1.87. The Kier molecular flexibility index (Phi) is 4.55. The van der Waals surface area contributed by atoms with Crippen LogP contribution in [0.3, 0.4) is 0 Å². The number of amides is 1. The Morgan fingerprint density at radius 2 is 1.65 bits per heavy atom. The fourth-order valence-corrected chi connectivity index (χ4v) is 1.91. The van der Waals surface area contributed by atoms with Crippen molar-refractivity contribution in [1.82, 2.24) is 5.32 Å². The standard InChI is InChI=1S/C15H16BNO3/c1-11(12-5-3-2-4-6-12)17-15(18)13-7-9-14(10-8-13)16(19)20/h2-11,19-20H,1H3,(H,17,18)/t11-/m0/s1. The average molecular weight is 269 g/mol. The van der Waals surface area contributed by atoms with Gasteiger partial charge in [0, 0.05) is 5.56 Å². The molecule has 0 fully saturated rings. The molecule has 2 rings (SSSR count). The van der Waals surface area contributed by atoms with E-state index in [-0.39, 0.29) is 11.9 Å². The first-order valence-electron chi connectivity index (χ1n) is 6.40. The molecule has 0 aromatic heterocycles. The summed E-state index contributed by atoms with van der Waals surface area (Å²) < 4.78 is 0. The maximum Gasteiger partial charge on any atom is 0.488 e. The summed E-state index contributed by atoms with van der Waals surface area (Å²) in [5, 5.41) is 20.9. The highest BCUT2D eigenvalue weighted by atomic mass is 16.4. The Morgan fingerprint density at radius 3 is 2.20 bits per heavy atom. The predicted molar refractivity (Wildman–Crippen MR) is 78.6 cm³/mol. The van der Waals surface area contributed by atoms with Crippen molar-refractivity contribution in [2.24, 2.45) is 0 Å². The monoisotopic (exact) mass is 269 g/mol. The Labute approximate surface area is 118 Å². The van der Waals surface area contributed by atoms with Crippen molar-refractivity contribution in [2.45, 2.75) is 13.0 Å². The highest BCUT2D eigenvalue weighted by molar-refractivity contribution is 6.58. The maximum absolute atomic E-state index is 12.1. The van der Waals surface area contributed by atoms with E-state index in [0.717, 1.165) is 5.56 Å². The lowest BCUT2D eigenvalue weighted by Gasteiger charge is -2.14. The average Bonchev–Trinajstić information content (AvgIpc) is 2.48. The van der Waals surface area contributed by atoms with Crippen molar-refractivity contribution in [3.63, 3.8) is 0 Å². The molecule has 3 N–H and O–H groups in total. The number of nitrogens with one attached hydrogen (secondary N) is 1. The van der Waals surface area contributed by atoms with Crippen molar-refractivity contribution < 1.29 is 14.8 Å². The molecule has 0 aliphatic heterocycles. The summed E-state index contributed by atoms with van der Waals surface area (Å²) in [6.07, 6.45) is 0. The minimum atomic E-state index is -1.52. The van der Waals surface area contributed by atoms with Gasteiger partial charge in [0.05, 0.1) is 6.04 Å². The van der Waals surface area contributed by atoms with Gasteiger partial charge in [-0.05, 0) is 30.1 Å². The van der Waals surface area contributed by atoms with Crippen molar-refractivity contribution >= 4 is 18.5 Å². The smallest absolute Gasteiger partial charge is 0.423 e. The Balaban J connectivity index is 2.05. The number of hydrogen-bond donors (Lipinski definition) is 3.